The van der Waals surface area contributed by atoms with Crippen LogP contribution in [0.3, 0.4) is 0 Å². The van der Waals surface area contributed by atoms with Crippen LogP contribution >= 0.6 is 0 Å². The minimum absolute atomic E-state index is 1.64. The van der Waals surface area contributed by atoms with Gasteiger partial charge >= 0.3 is 15.5 Å². The van der Waals surface area contributed by atoms with E-state index in [0.717, 1.165) is 0 Å². The van der Waals surface area contributed by atoms with Crippen LogP contribution in [0.1, 0.15) is 0 Å². The molecule has 0 bridgehead atoms. The summed E-state index contributed by atoms with van der Waals surface area (Å²) in [6.45, 7) is 6.72. The average Bonchev–Trinajstić information content (AvgIpc) is 1.84. The molecule has 7 heteroatoms. The van der Waals surface area contributed by atoms with Gasteiger partial charge in [0.15, 0.2) is 0 Å². The molecular formula is C5H6F3NO2S. The van der Waals surface area contributed by atoms with Gasteiger partial charge < -0.3 is 0 Å². The molecule has 3 nitrogen and oxygen atoms in total. The first-order chi connectivity index (χ1) is 5.16. The molecule has 12 heavy (non-hydrogen) atoms. The van der Waals surface area contributed by atoms with E-state index in [1.807, 2.05) is 0 Å². The lowest BCUT2D eigenvalue weighted by molar-refractivity contribution is -0.0438. The fraction of sp³-hybridized carbons (Fsp3) is 0.200. The lowest BCUT2D eigenvalue weighted by atomic mass is 10.6. The van der Waals surface area contributed by atoms with Gasteiger partial charge in [0.25, 0.3) is 0 Å². The largest absolute Gasteiger partial charge is 0.514 e. The van der Waals surface area contributed by atoms with Crippen molar-refractivity contribution in [3.05, 3.63) is 25.3 Å². The number of halogens is 3. The van der Waals surface area contributed by atoms with Crippen molar-refractivity contribution < 1.29 is 21.6 Å². The normalized spacial score (nSPS) is 11.0. The molecule has 0 aliphatic heterocycles. The second kappa shape index (κ2) is 4.94. The Bertz CT molecular complexity index is 236. The molecule has 0 rings (SSSR count). The van der Waals surface area contributed by atoms with Gasteiger partial charge in [0.2, 0.25) is 0 Å². The Balaban J connectivity index is 0. The lowest BCUT2D eigenvalue weighted by Crippen LogP contribution is -2.23. The highest BCUT2D eigenvalue weighted by Crippen LogP contribution is 2.19. The van der Waals surface area contributed by atoms with Crippen LogP contribution in [0, 0.1) is 0 Å². The highest BCUT2D eigenvalue weighted by Gasteiger charge is 2.44. The van der Waals surface area contributed by atoms with Crippen molar-refractivity contribution in [2.75, 3.05) is 0 Å². The predicted molar refractivity (Wildman–Crippen MR) is 37.5 cm³/mol. The van der Waals surface area contributed by atoms with Gasteiger partial charge in [-0.3, -0.25) is 0 Å². The summed E-state index contributed by atoms with van der Waals surface area (Å²) in [7, 11) is -5.84. The number of alkyl halides is 3. The van der Waals surface area contributed by atoms with Crippen LogP contribution < -0.4 is 5.14 Å². The summed E-state index contributed by atoms with van der Waals surface area (Å²) in [6, 6.07) is 0. The third-order valence-electron chi connectivity index (χ3n) is 0.459. The van der Waals surface area contributed by atoms with Crippen LogP contribution in [0.4, 0.5) is 13.2 Å². The molecule has 0 saturated carbocycles. The number of nitrogens with zero attached hydrogens (tertiary/aromatic N) is 1. The maximum Gasteiger partial charge on any atom is 0.514 e. The molecule has 0 aliphatic carbocycles. The second-order valence-corrected chi connectivity index (χ2v) is 2.81. The molecule has 0 aliphatic rings. The Morgan fingerprint density at radius 1 is 1.17 bits per heavy atom. The van der Waals surface area contributed by atoms with Gasteiger partial charge in [-0.25, -0.2) is 0 Å². The van der Waals surface area contributed by atoms with Crippen molar-refractivity contribution >= 4 is 10.0 Å². The van der Waals surface area contributed by atoms with Crippen molar-refractivity contribution in [2.24, 2.45) is 0 Å². The molecule has 0 fully saturated rings. The quantitative estimate of drug-likeness (QED) is 0.599. The Kier molecular flexibility index (Phi) is 5.66. The number of rotatable bonds is 1. The highest BCUT2D eigenvalue weighted by molar-refractivity contribution is 7.89. The van der Waals surface area contributed by atoms with E-state index in [9.17, 15) is 13.2 Å². The Hall–Kier alpha value is -0.820. The number of allylic oxidation sites excluding steroid dienone is 2. The fourth-order valence-electron chi connectivity index (χ4n) is 0. The standard InChI is InChI=1S/C4H6.CF3NO2S/c1-3-4-2;2-1(3,4)8(5,6)7/h3-4H,1-2H2;. The highest BCUT2D eigenvalue weighted by atomic mass is 32.2. The molecule has 0 atom stereocenters. The van der Waals surface area contributed by atoms with Crippen molar-refractivity contribution in [3.8, 4) is 0 Å². The van der Waals surface area contributed by atoms with Crippen molar-refractivity contribution in [1.82, 2.24) is 5.14 Å². The number of sulfonamides is 1. The Morgan fingerprint density at radius 2 is 1.33 bits per heavy atom. The maximum absolute atomic E-state index is 10.7. The summed E-state index contributed by atoms with van der Waals surface area (Å²) >= 11 is 0. The van der Waals surface area contributed by atoms with Gasteiger partial charge in [0, 0.05) is 5.14 Å². The smallest absolute Gasteiger partial charge is 0.200 e. The van der Waals surface area contributed by atoms with Gasteiger partial charge in [-0.15, -0.1) is 0 Å². The minimum Gasteiger partial charge on any atom is -0.200 e. The molecule has 0 aromatic heterocycles. The minimum atomic E-state index is -5.84. The molecule has 0 amide bonds. The summed E-state index contributed by atoms with van der Waals surface area (Å²) in [5, 5.41) is 7.20. The molecule has 0 saturated heterocycles. The van der Waals surface area contributed by atoms with E-state index in [1.54, 1.807) is 12.2 Å². The van der Waals surface area contributed by atoms with Gasteiger partial charge in [-0.1, -0.05) is 25.3 Å². The van der Waals surface area contributed by atoms with E-state index in [-0.39, 0.29) is 0 Å². The van der Waals surface area contributed by atoms with Crippen LogP contribution in [0.25, 0.3) is 0 Å². The Labute approximate surface area is 68.4 Å². The molecule has 0 heterocycles. The summed E-state index contributed by atoms with van der Waals surface area (Å²) in [4.78, 5) is 0. The van der Waals surface area contributed by atoms with E-state index < -0.39 is 15.5 Å². The van der Waals surface area contributed by atoms with Crippen molar-refractivity contribution in [2.45, 2.75) is 5.51 Å². The first-order valence-electron chi connectivity index (χ1n) is 2.44. The zero-order valence-electron chi connectivity index (χ0n) is 5.87. The van der Waals surface area contributed by atoms with Crippen LogP contribution in [-0.4, -0.2) is 13.9 Å². The zero-order chi connectivity index (χ0) is 10.4. The number of hydrogen-bond acceptors (Lipinski definition) is 2. The van der Waals surface area contributed by atoms with Crippen molar-refractivity contribution in [3.63, 3.8) is 0 Å². The lowest BCUT2D eigenvalue weighted by Gasteiger charge is -1.96. The van der Waals surface area contributed by atoms with Gasteiger partial charge in [0.1, 0.15) is 0 Å². The average molecular weight is 201 g/mol. The summed E-state index contributed by atoms with van der Waals surface area (Å²) in [5.41, 5.74) is -5.53. The van der Waals surface area contributed by atoms with Crippen LogP contribution in [0.15, 0.2) is 25.3 Å². The van der Waals surface area contributed by atoms with Gasteiger partial charge in [-0.2, -0.15) is 21.6 Å². The van der Waals surface area contributed by atoms with Crippen LogP contribution in [0.2, 0.25) is 0 Å². The Morgan fingerprint density at radius 3 is 1.33 bits per heavy atom. The van der Waals surface area contributed by atoms with E-state index in [1.165, 1.54) is 0 Å². The second-order valence-electron chi connectivity index (χ2n) is 1.39. The molecule has 0 aromatic carbocycles. The molecule has 0 unspecified atom stereocenters. The summed E-state index contributed by atoms with van der Waals surface area (Å²) < 4.78 is 50.3. The zero-order valence-corrected chi connectivity index (χ0v) is 6.69. The van der Waals surface area contributed by atoms with Crippen LogP contribution in [0.5, 0.6) is 0 Å². The topological polar surface area (TPSA) is 56.4 Å². The first-order valence-corrected chi connectivity index (χ1v) is 3.88. The maximum atomic E-state index is 10.7. The van der Waals surface area contributed by atoms with E-state index >= 15 is 0 Å². The monoisotopic (exact) mass is 201 g/mol. The third kappa shape index (κ3) is 7.29. The van der Waals surface area contributed by atoms with Crippen LogP contribution in [-0.2, 0) is 10.0 Å². The third-order valence-corrected chi connectivity index (χ3v) is 1.04. The van der Waals surface area contributed by atoms with Gasteiger partial charge in [0.05, 0.1) is 0 Å². The fourth-order valence-corrected chi connectivity index (χ4v) is 0. The van der Waals surface area contributed by atoms with E-state index in [0.29, 0.717) is 0 Å². The predicted octanol–water partition coefficient (Wildman–Crippen LogP) is 1.26. The molecule has 70 valence electrons. The summed E-state index contributed by atoms with van der Waals surface area (Å²) in [5.74, 6) is 0. The number of hydrogen-bond donors (Lipinski definition) is 0. The molecule has 0 N–H and O–H groups in total. The summed E-state index contributed by atoms with van der Waals surface area (Å²) in [6.07, 6.45) is 3.28. The van der Waals surface area contributed by atoms with E-state index in [4.69, 9.17) is 13.6 Å². The first kappa shape index (κ1) is 13.7. The van der Waals surface area contributed by atoms with E-state index in [2.05, 4.69) is 13.2 Å². The van der Waals surface area contributed by atoms with Gasteiger partial charge in [-0.05, 0) is 0 Å². The SMILES string of the molecule is C=CC=C.[N]S(=O)(=O)C(F)(F)F. The van der Waals surface area contributed by atoms with Crippen molar-refractivity contribution in [1.29, 1.82) is 0 Å². The molecule has 0 aromatic rings. The molecule has 0 spiro atoms. The molecule has 2 radical (unpaired) electrons. The molecular weight excluding hydrogens is 195 g/mol.